The summed E-state index contributed by atoms with van der Waals surface area (Å²) in [4.78, 5) is 20.0. The van der Waals surface area contributed by atoms with E-state index in [9.17, 15) is 9.18 Å². The molecule has 0 radical (unpaired) electrons. The van der Waals surface area contributed by atoms with Crippen LogP contribution in [0.3, 0.4) is 0 Å². The molecule has 1 aromatic carbocycles. The third-order valence-corrected chi connectivity index (χ3v) is 2.90. The van der Waals surface area contributed by atoms with Gasteiger partial charge in [-0.1, -0.05) is 18.2 Å². The van der Waals surface area contributed by atoms with Gasteiger partial charge in [0.2, 0.25) is 5.95 Å². The van der Waals surface area contributed by atoms with E-state index >= 15 is 0 Å². The molecule has 116 valence electrons. The van der Waals surface area contributed by atoms with Gasteiger partial charge in [-0.05, 0) is 6.07 Å². The fraction of sp³-hybridized carbons (Fsp3) is 0.267. The van der Waals surface area contributed by atoms with Crippen molar-refractivity contribution in [1.82, 2.24) is 15.3 Å². The molecule has 0 aliphatic rings. The highest BCUT2D eigenvalue weighted by Crippen LogP contribution is 2.06. The van der Waals surface area contributed by atoms with Crippen LogP contribution in [0.5, 0.6) is 0 Å². The predicted octanol–water partition coefficient (Wildman–Crippen LogP) is 1.60. The smallest absolute Gasteiger partial charge is 0.254 e. The summed E-state index contributed by atoms with van der Waals surface area (Å²) in [5.41, 5.74) is 0.739. The van der Waals surface area contributed by atoms with E-state index in [-0.39, 0.29) is 18.3 Å². The molecule has 1 heterocycles. The first kappa shape index (κ1) is 15.8. The Hall–Kier alpha value is -2.54. The number of carbonyl (C=O) groups excluding carboxylic acids is 1. The number of hydrogen-bond acceptors (Lipinski definition) is 5. The number of benzene rings is 1. The summed E-state index contributed by atoms with van der Waals surface area (Å²) in [5, 5.41) is 5.58. The predicted molar refractivity (Wildman–Crippen MR) is 80.0 cm³/mol. The molecule has 0 saturated heterocycles. The molecule has 0 spiro atoms. The molecule has 6 nitrogen and oxygen atoms in total. The van der Waals surface area contributed by atoms with Crippen molar-refractivity contribution >= 4 is 11.9 Å². The van der Waals surface area contributed by atoms with E-state index in [0.29, 0.717) is 30.2 Å². The van der Waals surface area contributed by atoms with Gasteiger partial charge in [0.1, 0.15) is 5.82 Å². The Morgan fingerprint density at radius 3 is 2.68 bits per heavy atom. The van der Waals surface area contributed by atoms with Gasteiger partial charge in [-0.2, -0.15) is 0 Å². The van der Waals surface area contributed by atoms with Crippen LogP contribution < -0.4 is 10.6 Å². The molecule has 2 N–H and O–H groups in total. The van der Waals surface area contributed by atoms with Crippen molar-refractivity contribution in [3.05, 3.63) is 53.6 Å². The summed E-state index contributed by atoms with van der Waals surface area (Å²) in [6, 6.07) is 6.29. The summed E-state index contributed by atoms with van der Waals surface area (Å²) in [6.07, 6.45) is 2.83. The van der Waals surface area contributed by atoms with Crippen LogP contribution in [0.1, 0.15) is 15.9 Å². The van der Waals surface area contributed by atoms with E-state index in [2.05, 4.69) is 20.6 Å². The lowest BCUT2D eigenvalue weighted by atomic mass is 10.2. The molecular formula is C15H17FN4O2. The van der Waals surface area contributed by atoms with Crippen LogP contribution in [0, 0.1) is 5.82 Å². The molecule has 1 amide bonds. The van der Waals surface area contributed by atoms with Gasteiger partial charge in [-0.25, -0.2) is 14.4 Å². The van der Waals surface area contributed by atoms with Crippen LogP contribution in [-0.2, 0) is 11.3 Å². The number of nitrogens with one attached hydrogen (secondary N) is 2. The minimum atomic E-state index is -0.355. The zero-order valence-corrected chi connectivity index (χ0v) is 12.2. The first-order chi connectivity index (χ1) is 10.7. The van der Waals surface area contributed by atoms with Crippen molar-refractivity contribution in [3.8, 4) is 0 Å². The second-order valence-electron chi connectivity index (χ2n) is 4.49. The molecule has 0 aliphatic carbocycles. The molecule has 0 fully saturated rings. The molecule has 22 heavy (non-hydrogen) atoms. The van der Waals surface area contributed by atoms with Gasteiger partial charge in [0.05, 0.1) is 12.2 Å². The van der Waals surface area contributed by atoms with Crippen LogP contribution in [0.4, 0.5) is 10.3 Å². The van der Waals surface area contributed by atoms with Crippen LogP contribution in [0.2, 0.25) is 0 Å². The van der Waals surface area contributed by atoms with E-state index in [0.717, 1.165) is 0 Å². The molecule has 2 rings (SSSR count). The summed E-state index contributed by atoms with van der Waals surface area (Å²) >= 11 is 0. The van der Waals surface area contributed by atoms with Crippen molar-refractivity contribution in [2.45, 2.75) is 6.54 Å². The molecule has 0 saturated carbocycles. The molecular weight excluding hydrogens is 287 g/mol. The summed E-state index contributed by atoms with van der Waals surface area (Å²) in [6.45, 7) is 1.23. The Morgan fingerprint density at radius 1 is 1.27 bits per heavy atom. The summed E-state index contributed by atoms with van der Waals surface area (Å²) < 4.78 is 18.3. The number of ether oxygens (including phenoxy) is 1. The van der Waals surface area contributed by atoms with E-state index in [1.807, 2.05) is 0 Å². The number of anilines is 1. The Bertz CT molecular complexity index is 619. The molecule has 0 aliphatic heterocycles. The van der Waals surface area contributed by atoms with Crippen molar-refractivity contribution < 1.29 is 13.9 Å². The highest BCUT2D eigenvalue weighted by Gasteiger charge is 2.08. The van der Waals surface area contributed by atoms with Crippen molar-refractivity contribution in [2.75, 3.05) is 25.6 Å². The van der Waals surface area contributed by atoms with Crippen LogP contribution in [0.15, 0.2) is 36.7 Å². The number of nitrogens with zero attached hydrogens (tertiary/aromatic N) is 2. The summed E-state index contributed by atoms with van der Waals surface area (Å²) in [5.74, 6) is -0.286. The van der Waals surface area contributed by atoms with E-state index in [1.54, 1.807) is 25.3 Å². The standard InChI is InChI=1S/C15H17FN4O2/c1-22-7-6-17-15-19-9-12(10-20-15)14(21)18-8-11-4-2-3-5-13(11)16/h2-5,9-10H,6-8H2,1H3,(H,18,21)(H,17,19,20). The van der Waals surface area contributed by atoms with Gasteiger partial charge in [-0.3, -0.25) is 4.79 Å². The largest absolute Gasteiger partial charge is 0.383 e. The Labute approximate surface area is 127 Å². The van der Waals surface area contributed by atoms with Crippen LogP contribution in [-0.4, -0.2) is 36.1 Å². The third-order valence-electron chi connectivity index (χ3n) is 2.90. The van der Waals surface area contributed by atoms with Crippen LogP contribution >= 0.6 is 0 Å². The minimum absolute atomic E-state index is 0.110. The van der Waals surface area contributed by atoms with Gasteiger partial charge in [0.15, 0.2) is 0 Å². The number of carbonyl (C=O) groups is 1. The van der Waals surface area contributed by atoms with Gasteiger partial charge < -0.3 is 15.4 Å². The number of halogens is 1. The maximum atomic E-state index is 13.4. The second-order valence-corrected chi connectivity index (χ2v) is 4.49. The third kappa shape index (κ3) is 4.49. The highest BCUT2D eigenvalue weighted by atomic mass is 19.1. The Morgan fingerprint density at radius 2 is 2.00 bits per heavy atom. The maximum Gasteiger partial charge on any atom is 0.254 e. The molecule has 1 aromatic heterocycles. The lowest BCUT2D eigenvalue weighted by Gasteiger charge is -2.07. The molecule has 2 aromatic rings. The zero-order chi connectivity index (χ0) is 15.8. The van der Waals surface area contributed by atoms with Crippen molar-refractivity contribution in [3.63, 3.8) is 0 Å². The number of rotatable bonds is 7. The van der Waals surface area contributed by atoms with Gasteiger partial charge in [0.25, 0.3) is 5.91 Å². The monoisotopic (exact) mass is 304 g/mol. The topological polar surface area (TPSA) is 76.1 Å². The van der Waals surface area contributed by atoms with E-state index in [1.165, 1.54) is 18.5 Å². The molecule has 0 atom stereocenters. The molecule has 0 unspecified atom stereocenters. The zero-order valence-electron chi connectivity index (χ0n) is 12.2. The molecule has 7 heteroatoms. The SMILES string of the molecule is COCCNc1ncc(C(=O)NCc2ccccc2F)cn1. The fourth-order valence-corrected chi connectivity index (χ4v) is 1.72. The Kier molecular flexibility index (Phi) is 5.79. The van der Waals surface area contributed by atoms with E-state index < -0.39 is 0 Å². The lowest BCUT2D eigenvalue weighted by Crippen LogP contribution is -2.23. The van der Waals surface area contributed by atoms with Gasteiger partial charge in [-0.15, -0.1) is 0 Å². The second kappa shape index (κ2) is 8.04. The first-order valence-electron chi connectivity index (χ1n) is 6.77. The average molecular weight is 304 g/mol. The maximum absolute atomic E-state index is 13.4. The average Bonchev–Trinajstić information content (AvgIpc) is 2.55. The van der Waals surface area contributed by atoms with Gasteiger partial charge >= 0.3 is 0 Å². The number of aromatic nitrogens is 2. The number of amides is 1. The highest BCUT2D eigenvalue weighted by molar-refractivity contribution is 5.93. The quantitative estimate of drug-likeness (QED) is 0.760. The molecule has 0 bridgehead atoms. The number of hydrogen-bond donors (Lipinski definition) is 2. The first-order valence-corrected chi connectivity index (χ1v) is 6.77. The minimum Gasteiger partial charge on any atom is -0.383 e. The van der Waals surface area contributed by atoms with Gasteiger partial charge in [0, 0.05) is 38.2 Å². The van der Waals surface area contributed by atoms with Crippen LogP contribution in [0.25, 0.3) is 0 Å². The van der Waals surface area contributed by atoms with E-state index in [4.69, 9.17) is 4.74 Å². The number of methoxy groups -OCH3 is 1. The lowest BCUT2D eigenvalue weighted by molar-refractivity contribution is 0.0950. The van der Waals surface area contributed by atoms with Crippen molar-refractivity contribution in [2.24, 2.45) is 0 Å². The Balaban J connectivity index is 1.88. The van der Waals surface area contributed by atoms with Crippen molar-refractivity contribution in [1.29, 1.82) is 0 Å². The normalized spacial score (nSPS) is 10.3. The fourth-order valence-electron chi connectivity index (χ4n) is 1.72. The summed E-state index contributed by atoms with van der Waals surface area (Å²) in [7, 11) is 1.60.